The van der Waals surface area contributed by atoms with Crippen LogP contribution in [0.25, 0.3) is 0 Å². The maximum absolute atomic E-state index is 5.87. The van der Waals surface area contributed by atoms with Gasteiger partial charge in [-0.05, 0) is 6.42 Å². The molecule has 0 aromatic carbocycles. The number of aromatic nitrogens is 2. The van der Waals surface area contributed by atoms with E-state index in [0.29, 0.717) is 0 Å². The molecule has 0 fully saturated rings. The molecule has 1 unspecified atom stereocenters. The Kier molecular flexibility index (Phi) is 4.82. The summed E-state index contributed by atoms with van der Waals surface area (Å²) in [5, 5.41) is 4.09. The zero-order chi connectivity index (χ0) is 10.4. The minimum absolute atomic E-state index is 0.217. The van der Waals surface area contributed by atoms with Crippen LogP contribution in [0.5, 0.6) is 0 Å². The van der Waals surface area contributed by atoms with Gasteiger partial charge in [-0.3, -0.25) is 0 Å². The van der Waals surface area contributed by atoms with Gasteiger partial charge < -0.3 is 11.1 Å². The molecule has 0 saturated heterocycles. The predicted octanol–water partition coefficient (Wildman–Crippen LogP) is 1.64. The standard InChI is InChI=1S/C9H18N4S/c1-3-5-7(10)6-11-9-12-8(4-2)13-14-9/h7H,3-6,10H2,1-2H3,(H,11,12,13). The number of nitrogens with one attached hydrogen (secondary N) is 1. The maximum Gasteiger partial charge on any atom is 0.202 e. The molecule has 0 amide bonds. The summed E-state index contributed by atoms with van der Waals surface area (Å²) in [6.45, 7) is 4.97. The van der Waals surface area contributed by atoms with Gasteiger partial charge in [-0.15, -0.1) is 0 Å². The summed E-state index contributed by atoms with van der Waals surface area (Å²) in [4.78, 5) is 4.30. The van der Waals surface area contributed by atoms with E-state index in [0.717, 1.165) is 36.8 Å². The number of hydrogen-bond acceptors (Lipinski definition) is 5. The molecule has 0 aliphatic heterocycles. The Balaban J connectivity index is 2.30. The molecule has 5 heteroatoms. The van der Waals surface area contributed by atoms with Gasteiger partial charge in [0, 0.05) is 30.5 Å². The van der Waals surface area contributed by atoms with E-state index in [1.54, 1.807) is 0 Å². The smallest absolute Gasteiger partial charge is 0.202 e. The van der Waals surface area contributed by atoms with E-state index in [1.165, 1.54) is 11.5 Å². The highest BCUT2D eigenvalue weighted by Gasteiger charge is 2.04. The van der Waals surface area contributed by atoms with Crippen molar-refractivity contribution in [2.75, 3.05) is 11.9 Å². The van der Waals surface area contributed by atoms with Crippen LogP contribution in [0, 0.1) is 0 Å². The monoisotopic (exact) mass is 214 g/mol. The first-order valence-corrected chi connectivity index (χ1v) is 5.85. The minimum Gasteiger partial charge on any atom is -0.359 e. The van der Waals surface area contributed by atoms with Crippen LogP contribution in [0.15, 0.2) is 0 Å². The van der Waals surface area contributed by atoms with Crippen LogP contribution >= 0.6 is 11.5 Å². The number of nitrogens with two attached hydrogens (primary N) is 1. The Hall–Kier alpha value is -0.680. The number of aryl methyl sites for hydroxylation is 1. The minimum atomic E-state index is 0.217. The van der Waals surface area contributed by atoms with Crippen LogP contribution in [0.2, 0.25) is 0 Å². The first-order chi connectivity index (χ1) is 6.76. The quantitative estimate of drug-likeness (QED) is 0.755. The lowest BCUT2D eigenvalue weighted by molar-refractivity contribution is 0.626. The van der Waals surface area contributed by atoms with Gasteiger partial charge in [-0.25, -0.2) is 4.98 Å². The van der Waals surface area contributed by atoms with Crippen LogP contribution in [-0.4, -0.2) is 21.9 Å². The Morgan fingerprint density at radius 2 is 2.29 bits per heavy atom. The van der Waals surface area contributed by atoms with Gasteiger partial charge in [-0.2, -0.15) is 4.37 Å². The van der Waals surface area contributed by atoms with Crippen molar-refractivity contribution in [2.45, 2.75) is 39.2 Å². The third kappa shape index (κ3) is 3.59. The van der Waals surface area contributed by atoms with E-state index in [-0.39, 0.29) is 6.04 Å². The molecule has 0 saturated carbocycles. The zero-order valence-corrected chi connectivity index (χ0v) is 9.60. The number of rotatable bonds is 6. The van der Waals surface area contributed by atoms with E-state index in [2.05, 4.69) is 28.5 Å². The molecule has 14 heavy (non-hydrogen) atoms. The van der Waals surface area contributed by atoms with Crippen LogP contribution in [0.4, 0.5) is 5.13 Å². The first-order valence-electron chi connectivity index (χ1n) is 5.08. The topological polar surface area (TPSA) is 63.8 Å². The summed E-state index contributed by atoms with van der Waals surface area (Å²) in [6, 6.07) is 0.217. The molecular weight excluding hydrogens is 196 g/mol. The molecule has 1 heterocycles. The van der Waals surface area contributed by atoms with Crippen LogP contribution in [0.3, 0.4) is 0 Å². The SMILES string of the molecule is CCCC(N)CNc1nc(CC)ns1. The van der Waals surface area contributed by atoms with E-state index < -0.39 is 0 Å². The Morgan fingerprint density at radius 3 is 2.86 bits per heavy atom. The second-order valence-corrected chi connectivity index (χ2v) is 4.05. The molecule has 0 radical (unpaired) electrons. The van der Waals surface area contributed by atoms with Crippen molar-refractivity contribution in [1.82, 2.24) is 9.36 Å². The van der Waals surface area contributed by atoms with Crippen molar-refractivity contribution in [2.24, 2.45) is 5.73 Å². The summed E-state index contributed by atoms with van der Waals surface area (Å²) in [6.07, 6.45) is 3.06. The molecule has 0 aliphatic carbocycles. The Labute approximate surface area is 89.1 Å². The van der Waals surface area contributed by atoms with E-state index in [1.807, 2.05) is 0 Å². The molecule has 1 aromatic rings. The lowest BCUT2D eigenvalue weighted by atomic mass is 10.2. The van der Waals surface area contributed by atoms with Crippen LogP contribution in [0.1, 0.15) is 32.5 Å². The van der Waals surface area contributed by atoms with Gasteiger partial charge in [0.1, 0.15) is 5.82 Å². The molecule has 1 rings (SSSR count). The average Bonchev–Trinajstić information content (AvgIpc) is 2.63. The second-order valence-electron chi connectivity index (χ2n) is 3.30. The largest absolute Gasteiger partial charge is 0.359 e. The molecule has 0 spiro atoms. The lowest BCUT2D eigenvalue weighted by Gasteiger charge is -2.09. The molecule has 4 nitrogen and oxygen atoms in total. The Morgan fingerprint density at radius 1 is 1.50 bits per heavy atom. The van der Waals surface area contributed by atoms with Gasteiger partial charge in [-0.1, -0.05) is 20.3 Å². The third-order valence-corrected chi connectivity index (χ3v) is 2.67. The van der Waals surface area contributed by atoms with Crippen molar-refractivity contribution in [3.8, 4) is 0 Å². The zero-order valence-electron chi connectivity index (χ0n) is 8.79. The van der Waals surface area contributed by atoms with Crippen molar-refractivity contribution in [3.05, 3.63) is 5.82 Å². The van der Waals surface area contributed by atoms with Crippen LogP contribution < -0.4 is 11.1 Å². The van der Waals surface area contributed by atoms with E-state index in [4.69, 9.17) is 5.73 Å². The van der Waals surface area contributed by atoms with Gasteiger partial charge in [0.05, 0.1) is 0 Å². The normalized spacial score (nSPS) is 12.8. The third-order valence-electron chi connectivity index (χ3n) is 1.96. The van der Waals surface area contributed by atoms with Crippen molar-refractivity contribution in [1.29, 1.82) is 0 Å². The highest BCUT2D eigenvalue weighted by molar-refractivity contribution is 7.09. The second kappa shape index (κ2) is 5.93. The van der Waals surface area contributed by atoms with Gasteiger partial charge in [0.25, 0.3) is 0 Å². The van der Waals surface area contributed by atoms with Crippen molar-refractivity contribution in [3.63, 3.8) is 0 Å². The molecule has 1 atom stereocenters. The molecule has 0 bridgehead atoms. The molecular formula is C9H18N4S. The van der Waals surface area contributed by atoms with E-state index >= 15 is 0 Å². The highest BCUT2D eigenvalue weighted by Crippen LogP contribution is 2.11. The first kappa shape index (κ1) is 11.4. The average molecular weight is 214 g/mol. The fourth-order valence-electron chi connectivity index (χ4n) is 1.16. The summed E-state index contributed by atoms with van der Waals surface area (Å²) in [5.41, 5.74) is 5.87. The van der Waals surface area contributed by atoms with Crippen molar-refractivity contribution < 1.29 is 0 Å². The number of hydrogen-bond donors (Lipinski definition) is 2. The number of anilines is 1. The lowest BCUT2D eigenvalue weighted by Crippen LogP contribution is -2.28. The van der Waals surface area contributed by atoms with E-state index in [9.17, 15) is 0 Å². The van der Waals surface area contributed by atoms with Gasteiger partial charge in [0.15, 0.2) is 0 Å². The fraction of sp³-hybridized carbons (Fsp3) is 0.778. The summed E-state index contributed by atoms with van der Waals surface area (Å²) in [5.74, 6) is 0.904. The number of nitrogens with zero attached hydrogens (tertiary/aromatic N) is 2. The Bertz CT molecular complexity index is 261. The molecule has 0 aliphatic rings. The van der Waals surface area contributed by atoms with Gasteiger partial charge in [0.2, 0.25) is 5.13 Å². The predicted molar refractivity (Wildman–Crippen MR) is 60.7 cm³/mol. The summed E-state index contributed by atoms with van der Waals surface area (Å²) < 4.78 is 4.19. The summed E-state index contributed by atoms with van der Waals surface area (Å²) >= 11 is 1.41. The summed E-state index contributed by atoms with van der Waals surface area (Å²) in [7, 11) is 0. The fourth-order valence-corrected chi connectivity index (χ4v) is 1.82. The van der Waals surface area contributed by atoms with Crippen LogP contribution in [-0.2, 0) is 6.42 Å². The molecule has 3 N–H and O–H groups in total. The maximum atomic E-state index is 5.87. The molecule has 1 aromatic heterocycles. The van der Waals surface area contributed by atoms with Gasteiger partial charge >= 0.3 is 0 Å². The molecule has 80 valence electrons. The van der Waals surface area contributed by atoms with Crippen molar-refractivity contribution >= 4 is 16.7 Å². The highest BCUT2D eigenvalue weighted by atomic mass is 32.1.